The first-order valence-corrected chi connectivity index (χ1v) is 4.74. The van der Waals surface area contributed by atoms with E-state index in [1.54, 1.807) is 0 Å². The van der Waals surface area contributed by atoms with Crippen LogP contribution in [-0.2, 0) is 24.2 Å². The highest BCUT2D eigenvalue weighted by Gasteiger charge is 2.30. The fraction of sp³-hybridized carbons (Fsp3) is 0.556. The molecule has 0 fully saturated rings. The lowest BCUT2D eigenvalue weighted by Gasteiger charge is -2.18. The summed E-state index contributed by atoms with van der Waals surface area (Å²) in [6, 6.07) is 0. The Bertz CT molecular complexity index is 406. The average Bonchev–Trinajstić information content (AvgIpc) is 2.15. The molecule has 1 aromatic rings. The molecule has 4 nitrogen and oxygen atoms in total. The van der Waals surface area contributed by atoms with Gasteiger partial charge in [0.1, 0.15) is 18.1 Å². The van der Waals surface area contributed by atoms with Crippen LogP contribution in [0.3, 0.4) is 0 Å². The highest BCUT2D eigenvalue weighted by atomic mass is 19.4. The van der Waals surface area contributed by atoms with E-state index in [2.05, 4.69) is 9.97 Å². The summed E-state index contributed by atoms with van der Waals surface area (Å²) in [6.45, 7) is 0.725. The molecule has 2 rings (SSSR count). The molecule has 0 aromatic carbocycles. The molecule has 0 atom stereocenters. The summed E-state index contributed by atoms with van der Waals surface area (Å²) in [5, 5.41) is 0. The van der Waals surface area contributed by atoms with E-state index < -0.39 is 12.6 Å². The second-order valence-electron chi connectivity index (χ2n) is 3.54. The van der Waals surface area contributed by atoms with Crippen molar-refractivity contribution in [3.63, 3.8) is 0 Å². The van der Waals surface area contributed by atoms with Crippen LogP contribution in [-0.4, -0.2) is 22.8 Å². The van der Waals surface area contributed by atoms with Crippen molar-refractivity contribution in [3.05, 3.63) is 17.1 Å². The van der Waals surface area contributed by atoms with Crippen LogP contribution in [0.15, 0.2) is 0 Å². The Labute approximate surface area is 89.6 Å². The third-order valence-corrected chi connectivity index (χ3v) is 2.26. The van der Waals surface area contributed by atoms with Crippen molar-refractivity contribution in [3.8, 4) is 0 Å². The van der Waals surface area contributed by atoms with Gasteiger partial charge >= 0.3 is 6.18 Å². The lowest BCUT2D eigenvalue weighted by Crippen LogP contribution is -2.20. The van der Waals surface area contributed by atoms with Crippen molar-refractivity contribution >= 4 is 5.82 Å². The number of ether oxygens (including phenoxy) is 1. The maximum atomic E-state index is 12.2. The van der Waals surface area contributed by atoms with Gasteiger partial charge in [0.2, 0.25) is 0 Å². The van der Waals surface area contributed by atoms with Crippen LogP contribution < -0.4 is 5.73 Å². The first-order valence-electron chi connectivity index (χ1n) is 4.74. The van der Waals surface area contributed by atoms with Crippen LogP contribution >= 0.6 is 0 Å². The van der Waals surface area contributed by atoms with Gasteiger partial charge in [0.25, 0.3) is 0 Å². The van der Waals surface area contributed by atoms with Crippen LogP contribution in [0.5, 0.6) is 0 Å². The summed E-state index contributed by atoms with van der Waals surface area (Å²) in [5.41, 5.74) is 6.74. The number of nitrogen functional groups attached to an aromatic ring is 1. The van der Waals surface area contributed by atoms with Crippen LogP contribution in [0.1, 0.15) is 17.1 Å². The molecule has 0 unspecified atom stereocenters. The van der Waals surface area contributed by atoms with Gasteiger partial charge in [-0.2, -0.15) is 13.2 Å². The number of hydrogen-bond donors (Lipinski definition) is 1. The number of halogens is 3. The van der Waals surface area contributed by atoms with Crippen molar-refractivity contribution < 1.29 is 17.9 Å². The zero-order chi connectivity index (χ0) is 11.8. The first kappa shape index (κ1) is 11.1. The van der Waals surface area contributed by atoms with E-state index >= 15 is 0 Å². The van der Waals surface area contributed by atoms with E-state index in [0.717, 1.165) is 0 Å². The van der Waals surface area contributed by atoms with E-state index in [4.69, 9.17) is 10.5 Å². The van der Waals surface area contributed by atoms with Crippen molar-refractivity contribution in [1.82, 2.24) is 9.97 Å². The fourth-order valence-electron chi connectivity index (χ4n) is 1.57. The monoisotopic (exact) mass is 233 g/mol. The molecule has 7 heteroatoms. The minimum Gasteiger partial charge on any atom is -0.383 e. The molecule has 1 aromatic heterocycles. The summed E-state index contributed by atoms with van der Waals surface area (Å²) >= 11 is 0. The lowest BCUT2D eigenvalue weighted by atomic mass is 10.1. The third kappa shape index (κ3) is 2.41. The van der Waals surface area contributed by atoms with Crippen LogP contribution in [0.2, 0.25) is 0 Å². The predicted molar refractivity (Wildman–Crippen MR) is 49.6 cm³/mol. The van der Waals surface area contributed by atoms with E-state index in [-0.39, 0.29) is 18.2 Å². The zero-order valence-electron chi connectivity index (χ0n) is 8.34. The molecule has 2 N–H and O–H groups in total. The fourth-order valence-corrected chi connectivity index (χ4v) is 1.57. The Morgan fingerprint density at radius 1 is 1.31 bits per heavy atom. The van der Waals surface area contributed by atoms with Crippen molar-refractivity contribution in [1.29, 1.82) is 0 Å². The van der Waals surface area contributed by atoms with Gasteiger partial charge in [-0.3, -0.25) is 0 Å². The Balaban J connectivity index is 2.32. The number of aromatic nitrogens is 2. The molecule has 0 saturated carbocycles. The number of nitrogens with two attached hydrogens (primary N) is 1. The molecule has 16 heavy (non-hydrogen) atoms. The smallest absolute Gasteiger partial charge is 0.383 e. The summed E-state index contributed by atoms with van der Waals surface area (Å²) in [4.78, 5) is 7.51. The van der Waals surface area contributed by atoms with E-state index in [0.29, 0.717) is 24.3 Å². The Kier molecular flexibility index (Phi) is 2.71. The molecule has 1 aliphatic rings. The topological polar surface area (TPSA) is 61.0 Å². The number of hydrogen-bond acceptors (Lipinski definition) is 4. The van der Waals surface area contributed by atoms with Gasteiger partial charge < -0.3 is 10.5 Å². The number of nitrogens with zero attached hydrogens (tertiary/aromatic N) is 2. The van der Waals surface area contributed by atoms with Gasteiger partial charge in [-0.25, -0.2) is 9.97 Å². The van der Waals surface area contributed by atoms with Gasteiger partial charge in [0.05, 0.1) is 18.9 Å². The standard InChI is InChI=1S/C9H10F3N3O/c10-9(11,12)3-7-14-6-1-2-16-4-5(6)8(13)15-7/h1-4H2,(H2,13,14,15). The highest BCUT2D eigenvalue weighted by Crippen LogP contribution is 2.23. The van der Waals surface area contributed by atoms with E-state index in [1.165, 1.54) is 0 Å². The summed E-state index contributed by atoms with van der Waals surface area (Å²) in [5.74, 6) is -0.186. The Morgan fingerprint density at radius 2 is 2.06 bits per heavy atom. The van der Waals surface area contributed by atoms with Gasteiger partial charge in [-0.05, 0) is 0 Å². The summed E-state index contributed by atoms with van der Waals surface area (Å²) in [7, 11) is 0. The van der Waals surface area contributed by atoms with Gasteiger partial charge in [-0.1, -0.05) is 0 Å². The molecular weight excluding hydrogens is 223 g/mol. The Hall–Kier alpha value is -1.37. The lowest BCUT2D eigenvalue weighted by molar-refractivity contribution is -0.128. The van der Waals surface area contributed by atoms with Crippen molar-refractivity contribution in [2.24, 2.45) is 0 Å². The van der Waals surface area contributed by atoms with Gasteiger partial charge in [-0.15, -0.1) is 0 Å². The molecule has 0 amide bonds. The number of anilines is 1. The zero-order valence-corrected chi connectivity index (χ0v) is 8.34. The minimum atomic E-state index is -4.31. The van der Waals surface area contributed by atoms with Gasteiger partial charge in [0.15, 0.2) is 0 Å². The van der Waals surface area contributed by atoms with Gasteiger partial charge in [0, 0.05) is 12.0 Å². The van der Waals surface area contributed by atoms with E-state index in [1.807, 2.05) is 0 Å². The van der Waals surface area contributed by atoms with Crippen LogP contribution in [0.4, 0.5) is 19.0 Å². The van der Waals surface area contributed by atoms with Crippen LogP contribution in [0.25, 0.3) is 0 Å². The van der Waals surface area contributed by atoms with E-state index in [9.17, 15) is 13.2 Å². The van der Waals surface area contributed by atoms with Crippen molar-refractivity contribution in [2.75, 3.05) is 12.3 Å². The van der Waals surface area contributed by atoms with Crippen molar-refractivity contribution in [2.45, 2.75) is 25.6 Å². The summed E-state index contributed by atoms with van der Waals surface area (Å²) < 4.78 is 41.6. The molecule has 88 valence electrons. The van der Waals surface area contributed by atoms with Crippen LogP contribution in [0, 0.1) is 0 Å². The number of alkyl halides is 3. The number of fused-ring (bicyclic) bond motifs is 1. The largest absolute Gasteiger partial charge is 0.396 e. The molecule has 0 spiro atoms. The molecular formula is C9H10F3N3O. The minimum absolute atomic E-state index is 0.0870. The summed E-state index contributed by atoms with van der Waals surface area (Å²) in [6.07, 6.45) is -4.98. The predicted octanol–water partition coefficient (Wildman–Crippen LogP) is 1.24. The maximum absolute atomic E-state index is 12.2. The average molecular weight is 233 g/mol. The highest BCUT2D eigenvalue weighted by molar-refractivity contribution is 5.42. The molecule has 1 aliphatic heterocycles. The molecule has 0 radical (unpaired) electrons. The Morgan fingerprint density at radius 3 is 2.75 bits per heavy atom. The maximum Gasteiger partial charge on any atom is 0.396 e. The quantitative estimate of drug-likeness (QED) is 0.792. The molecule has 0 saturated heterocycles. The SMILES string of the molecule is Nc1nc(CC(F)(F)F)nc2c1COCC2. The molecule has 0 bridgehead atoms. The third-order valence-electron chi connectivity index (χ3n) is 2.26. The molecule has 0 aliphatic carbocycles. The second-order valence-corrected chi connectivity index (χ2v) is 3.54. The first-order chi connectivity index (χ1) is 7.46. The molecule has 2 heterocycles. The second kappa shape index (κ2) is 3.89. The number of rotatable bonds is 1. The normalized spacial score (nSPS) is 15.9.